The second-order valence-corrected chi connectivity index (χ2v) is 5.87. The van der Waals surface area contributed by atoms with E-state index in [-0.39, 0.29) is 5.82 Å². The van der Waals surface area contributed by atoms with Gasteiger partial charge in [0.25, 0.3) is 0 Å². The highest BCUT2D eigenvalue weighted by atomic mass is 19.1. The van der Waals surface area contributed by atoms with Crippen LogP contribution in [0.5, 0.6) is 5.75 Å². The minimum absolute atomic E-state index is 0.338. The lowest BCUT2D eigenvalue weighted by atomic mass is 9.98. The van der Waals surface area contributed by atoms with E-state index in [2.05, 4.69) is 10.1 Å². The van der Waals surface area contributed by atoms with Crippen molar-refractivity contribution in [3.05, 3.63) is 60.3 Å². The quantitative estimate of drug-likeness (QED) is 0.555. The molecule has 6 heteroatoms. The van der Waals surface area contributed by atoms with Gasteiger partial charge < -0.3 is 13.7 Å². The molecule has 25 heavy (non-hydrogen) atoms. The summed E-state index contributed by atoms with van der Waals surface area (Å²) in [5.41, 5.74) is 5.33. The van der Waals surface area contributed by atoms with Gasteiger partial charge in [0.1, 0.15) is 17.3 Å². The average molecular weight is 337 g/mol. The van der Waals surface area contributed by atoms with Crippen molar-refractivity contribution >= 4 is 5.52 Å². The number of halogens is 1. The van der Waals surface area contributed by atoms with Crippen LogP contribution in [0.4, 0.5) is 4.39 Å². The molecule has 0 fully saturated rings. The largest absolute Gasteiger partial charge is 0.496 e. The Morgan fingerprint density at radius 2 is 2.00 bits per heavy atom. The van der Waals surface area contributed by atoms with Crippen LogP contribution in [-0.2, 0) is 0 Å². The highest BCUT2D eigenvalue weighted by Gasteiger charge is 2.17. The van der Waals surface area contributed by atoms with Gasteiger partial charge in [-0.1, -0.05) is 5.16 Å². The fourth-order valence-corrected chi connectivity index (χ4v) is 3.15. The predicted octanol–water partition coefficient (Wildman–Crippen LogP) is 4.42. The maximum absolute atomic E-state index is 13.5. The van der Waals surface area contributed by atoms with Crippen LogP contribution in [0.2, 0.25) is 0 Å². The Morgan fingerprint density at radius 1 is 1.16 bits per heavy atom. The van der Waals surface area contributed by atoms with Crippen molar-refractivity contribution in [2.45, 2.75) is 13.8 Å². The maximum Gasteiger partial charge on any atom is 0.141 e. The molecule has 1 aromatic carbocycles. The van der Waals surface area contributed by atoms with Crippen molar-refractivity contribution in [1.82, 2.24) is 14.5 Å². The molecule has 0 unspecified atom stereocenters. The van der Waals surface area contributed by atoms with Gasteiger partial charge in [0.2, 0.25) is 0 Å². The second kappa shape index (κ2) is 5.73. The lowest BCUT2D eigenvalue weighted by Crippen LogP contribution is -1.94. The Kier molecular flexibility index (Phi) is 3.53. The summed E-state index contributed by atoms with van der Waals surface area (Å²) in [5.74, 6) is 0.878. The molecule has 0 radical (unpaired) electrons. The van der Waals surface area contributed by atoms with E-state index in [1.165, 1.54) is 19.2 Å². The zero-order chi connectivity index (χ0) is 17.6. The third-order valence-corrected chi connectivity index (χ3v) is 4.30. The lowest BCUT2D eigenvalue weighted by Gasteiger charge is -2.12. The van der Waals surface area contributed by atoms with Crippen molar-refractivity contribution in [3.63, 3.8) is 0 Å². The zero-order valence-electron chi connectivity index (χ0n) is 14.1. The molecule has 0 spiro atoms. The van der Waals surface area contributed by atoms with Crippen LogP contribution < -0.4 is 4.74 Å². The number of hydrogen-bond donors (Lipinski definition) is 0. The predicted molar refractivity (Wildman–Crippen MR) is 92.1 cm³/mol. The Morgan fingerprint density at radius 3 is 2.72 bits per heavy atom. The Bertz CT molecular complexity index is 1060. The minimum Gasteiger partial charge on any atom is -0.496 e. The molecule has 0 N–H and O–H groups in total. The monoisotopic (exact) mass is 337 g/mol. The van der Waals surface area contributed by atoms with Crippen LogP contribution >= 0.6 is 0 Å². The van der Waals surface area contributed by atoms with Gasteiger partial charge in [-0.3, -0.25) is 0 Å². The average Bonchev–Trinajstić information content (AvgIpc) is 3.20. The number of imidazole rings is 1. The number of aryl methyl sites for hydroxylation is 2. The standard InChI is InChI=1S/C19H16FN3O2/c1-11-19(12(2)25-22-11)16-6-13(9-23-10-21-8-17(16)23)15-5-4-14(20)7-18(15)24-3/h4-10H,1-3H3. The summed E-state index contributed by atoms with van der Waals surface area (Å²) in [5, 5.41) is 4.05. The first-order valence-electron chi connectivity index (χ1n) is 7.81. The van der Waals surface area contributed by atoms with E-state index in [4.69, 9.17) is 9.26 Å². The van der Waals surface area contributed by atoms with Gasteiger partial charge in [0.15, 0.2) is 0 Å². The molecule has 5 nitrogen and oxygen atoms in total. The summed E-state index contributed by atoms with van der Waals surface area (Å²) in [4.78, 5) is 4.24. The van der Waals surface area contributed by atoms with Gasteiger partial charge in [-0.2, -0.15) is 0 Å². The fraction of sp³-hybridized carbons (Fsp3) is 0.158. The van der Waals surface area contributed by atoms with Gasteiger partial charge >= 0.3 is 0 Å². The van der Waals surface area contributed by atoms with Crippen molar-refractivity contribution < 1.29 is 13.7 Å². The van der Waals surface area contributed by atoms with Crippen LogP contribution in [0.15, 0.2) is 47.5 Å². The molecule has 4 aromatic rings. The third kappa shape index (κ3) is 2.46. The molecular weight excluding hydrogens is 321 g/mol. The lowest BCUT2D eigenvalue weighted by molar-refractivity contribution is 0.393. The SMILES string of the molecule is COc1cc(F)ccc1-c1cc(-c2c(C)noc2C)c2cncn2c1. The normalized spacial score (nSPS) is 11.2. The molecule has 0 aliphatic rings. The molecule has 0 saturated carbocycles. The first-order chi connectivity index (χ1) is 12.1. The maximum atomic E-state index is 13.5. The van der Waals surface area contributed by atoms with Crippen molar-refractivity contribution in [2.75, 3.05) is 7.11 Å². The smallest absolute Gasteiger partial charge is 0.141 e. The number of benzene rings is 1. The number of aromatic nitrogens is 3. The van der Waals surface area contributed by atoms with E-state index >= 15 is 0 Å². The summed E-state index contributed by atoms with van der Waals surface area (Å²) in [6.45, 7) is 3.79. The van der Waals surface area contributed by atoms with Gasteiger partial charge in [-0.15, -0.1) is 0 Å². The highest BCUT2D eigenvalue weighted by molar-refractivity contribution is 5.86. The van der Waals surface area contributed by atoms with Crippen molar-refractivity contribution in [3.8, 4) is 28.0 Å². The number of hydrogen-bond acceptors (Lipinski definition) is 4. The van der Waals surface area contributed by atoms with E-state index in [9.17, 15) is 4.39 Å². The fourth-order valence-electron chi connectivity index (χ4n) is 3.15. The number of fused-ring (bicyclic) bond motifs is 1. The Balaban J connectivity index is 2.02. The van der Waals surface area contributed by atoms with Crippen LogP contribution in [0.3, 0.4) is 0 Å². The minimum atomic E-state index is -0.338. The first-order valence-corrected chi connectivity index (χ1v) is 7.81. The number of pyridine rings is 1. The summed E-state index contributed by atoms with van der Waals surface area (Å²) in [6, 6.07) is 6.54. The molecule has 0 amide bonds. The Hall–Kier alpha value is -3.15. The number of nitrogens with zero attached hydrogens (tertiary/aromatic N) is 3. The number of methoxy groups -OCH3 is 1. The molecular formula is C19H16FN3O2. The first kappa shape index (κ1) is 15.4. The van der Waals surface area contributed by atoms with E-state index < -0.39 is 0 Å². The molecule has 3 heterocycles. The molecule has 0 aliphatic carbocycles. The zero-order valence-corrected chi connectivity index (χ0v) is 14.1. The van der Waals surface area contributed by atoms with E-state index in [1.54, 1.807) is 18.6 Å². The van der Waals surface area contributed by atoms with Crippen LogP contribution in [-0.4, -0.2) is 21.7 Å². The summed E-state index contributed by atoms with van der Waals surface area (Å²) in [6.07, 6.45) is 5.48. The van der Waals surface area contributed by atoms with Crippen LogP contribution in [0, 0.1) is 19.7 Å². The van der Waals surface area contributed by atoms with Crippen LogP contribution in [0.1, 0.15) is 11.5 Å². The summed E-state index contributed by atoms with van der Waals surface area (Å²) in [7, 11) is 1.53. The van der Waals surface area contributed by atoms with Gasteiger partial charge in [-0.05, 0) is 32.0 Å². The molecule has 0 bridgehead atoms. The van der Waals surface area contributed by atoms with Crippen molar-refractivity contribution in [1.29, 1.82) is 0 Å². The highest BCUT2D eigenvalue weighted by Crippen LogP contribution is 2.37. The summed E-state index contributed by atoms with van der Waals surface area (Å²) < 4.78 is 26.2. The van der Waals surface area contributed by atoms with Crippen molar-refractivity contribution in [2.24, 2.45) is 0 Å². The molecule has 0 atom stereocenters. The van der Waals surface area contributed by atoms with E-state index in [0.717, 1.165) is 39.2 Å². The Labute approximate surface area is 143 Å². The summed E-state index contributed by atoms with van der Waals surface area (Å²) >= 11 is 0. The van der Waals surface area contributed by atoms with Gasteiger partial charge in [0.05, 0.1) is 30.8 Å². The van der Waals surface area contributed by atoms with Crippen LogP contribution in [0.25, 0.3) is 27.8 Å². The second-order valence-electron chi connectivity index (χ2n) is 5.87. The molecule has 0 saturated heterocycles. The van der Waals surface area contributed by atoms with Gasteiger partial charge in [-0.25, -0.2) is 9.37 Å². The van der Waals surface area contributed by atoms with Gasteiger partial charge in [0, 0.05) is 34.5 Å². The molecule has 3 aromatic heterocycles. The van der Waals surface area contributed by atoms with E-state index in [1.807, 2.05) is 30.5 Å². The van der Waals surface area contributed by atoms with E-state index in [0.29, 0.717) is 5.75 Å². The topological polar surface area (TPSA) is 52.6 Å². The number of rotatable bonds is 3. The third-order valence-electron chi connectivity index (χ3n) is 4.30. The molecule has 4 rings (SSSR count). The molecule has 0 aliphatic heterocycles. The molecule has 126 valence electrons. The number of ether oxygens (including phenoxy) is 1.